The Morgan fingerprint density at radius 3 is 2.74 bits per heavy atom. The Morgan fingerprint density at radius 2 is 2.00 bits per heavy atom. The summed E-state index contributed by atoms with van der Waals surface area (Å²) < 4.78 is 2.09. The van der Waals surface area contributed by atoms with E-state index in [1.54, 1.807) is 11.3 Å². The largest absolute Gasteiger partial charge is 0.331 e. The second-order valence-electron chi connectivity index (χ2n) is 4.42. The summed E-state index contributed by atoms with van der Waals surface area (Å²) in [5, 5.41) is 3.23. The molecule has 0 atom stereocenters. The van der Waals surface area contributed by atoms with Crippen molar-refractivity contribution in [1.29, 1.82) is 0 Å². The molecule has 0 amide bonds. The first-order valence-electron chi connectivity index (χ1n) is 5.98. The summed E-state index contributed by atoms with van der Waals surface area (Å²) in [5.74, 6) is 1.06. The molecular formula is C14H12Cl2N2S. The third kappa shape index (κ3) is 2.50. The van der Waals surface area contributed by atoms with Gasteiger partial charge in [-0.1, -0.05) is 29.3 Å². The van der Waals surface area contributed by atoms with E-state index in [4.69, 9.17) is 23.2 Å². The van der Waals surface area contributed by atoms with Crippen LogP contribution in [0.1, 0.15) is 10.7 Å². The third-order valence-corrected chi connectivity index (χ3v) is 4.85. The summed E-state index contributed by atoms with van der Waals surface area (Å²) in [6.45, 7) is 0. The van der Waals surface area contributed by atoms with Crippen molar-refractivity contribution in [3.05, 3.63) is 50.4 Å². The van der Waals surface area contributed by atoms with Gasteiger partial charge in [-0.05, 0) is 30.0 Å². The highest BCUT2D eigenvalue weighted by Crippen LogP contribution is 2.28. The predicted molar refractivity (Wildman–Crippen MR) is 82.5 cm³/mol. The molecule has 19 heavy (non-hydrogen) atoms. The lowest BCUT2D eigenvalue weighted by Gasteiger charge is -2.01. The maximum absolute atomic E-state index is 6.06. The molecule has 0 aliphatic rings. The number of imidazole rings is 1. The van der Waals surface area contributed by atoms with Gasteiger partial charge in [0, 0.05) is 18.3 Å². The number of aryl methyl sites for hydroxylation is 3. The summed E-state index contributed by atoms with van der Waals surface area (Å²) >= 11 is 13.9. The van der Waals surface area contributed by atoms with Gasteiger partial charge in [0.2, 0.25) is 0 Å². The first-order chi connectivity index (χ1) is 9.15. The van der Waals surface area contributed by atoms with Gasteiger partial charge in [0.25, 0.3) is 0 Å². The molecule has 0 saturated carbocycles. The molecule has 2 aromatic heterocycles. The van der Waals surface area contributed by atoms with Crippen LogP contribution in [0.4, 0.5) is 0 Å². The SMILES string of the molecule is Cn1c(CCc2cccs2)nc2cc(Cl)c(Cl)cc21. The van der Waals surface area contributed by atoms with E-state index in [0.29, 0.717) is 10.0 Å². The van der Waals surface area contributed by atoms with Crippen LogP contribution in [0.25, 0.3) is 11.0 Å². The first-order valence-corrected chi connectivity index (χ1v) is 7.61. The van der Waals surface area contributed by atoms with Crippen LogP contribution in [0.3, 0.4) is 0 Å². The number of benzene rings is 1. The van der Waals surface area contributed by atoms with Crippen molar-refractivity contribution in [3.63, 3.8) is 0 Å². The monoisotopic (exact) mass is 310 g/mol. The Bertz CT molecular complexity index is 717. The van der Waals surface area contributed by atoms with E-state index in [-0.39, 0.29) is 0 Å². The van der Waals surface area contributed by atoms with Crippen LogP contribution in [0.15, 0.2) is 29.6 Å². The Kier molecular flexibility index (Phi) is 3.52. The van der Waals surface area contributed by atoms with Crippen molar-refractivity contribution < 1.29 is 0 Å². The van der Waals surface area contributed by atoms with Crippen LogP contribution in [0, 0.1) is 0 Å². The number of nitrogens with zero attached hydrogens (tertiary/aromatic N) is 2. The van der Waals surface area contributed by atoms with Crippen LogP contribution in [0.5, 0.6) is 0 Å². The molecule has 0 bridgehead atoms. The summed E-state index contributed by atoms with van der Waals surface area (Å²) in [4.78, 5) is 6.02. The normalized spacial score (nSPS) is 11.3. The molecule has 0 N–H and O–H groups in total. The van der Waals surface area contributed by atoms with E-state index < -0.39 is 0 Å². The van der Waals surface area contributed by atoms with Crippen molar-refractivity contribution in [3.8, 4) is 0 Å². The highest BCUT2D eigenvalue weighted by atomic mass is 35.5. The number of hydrogen-bond acceptors (Lipinski definition) is 2. The molecule has 1 aromatic carbocycles. The smallest absolute Gasteiger partial charge is 0.109 e. The van der Waals surface area contributed by atoms with E-state index in [9.17, 15) is 0 Å². The zero-order chi connectivity index (χ0) is 13.4. The maximum atomic E-state index is 6.06. The molecular weight excluding hydrogens is 299 g/mol. The lowest BCUT2D eigenvalue weighted by atomic mass is 10.2. The fourth-order valence-corrected chi connectivity index (χ4v) is 3.18. The highest BCUT2D eigenvalue weighted by Gasteiger charge is 2.10. The molecule has 3 rings (SSSR count). The fourth-order valence-electron chi connectivity index (χ4n) is 2.15. The summed E-state index contributed by atoms with van der Waals surface area (Å²) in [6.07, 6.45) is 1.93. The van der Waals surface area contributed by atoms with Crippen molar-refractivity contribution in [2.24, 2.45) is 7.05 Å². The van der Waals surface area contributed by atoms with E-state index in [2.05, 4.69) is 27.1 Å². The predicted octanol–water partition coefficient (Wildman–Crippen LogP) is 4.73. The van der Waals surface area contributed by atoms with Crippen LogP contribution in [0.2, 0.25) is 10.0 Å². The zero-order valence-corrected chi connectivity index (χ0v) is 12.7. The summed E-state index contributed by atoms with van der Waals surface area (Å²) in [6, 6.07) is 7.93. The van der Waals surface area contributed by atoms with Gasteiger partial charge in [0.05, 0.1) is 21.1 Å². The lowest BCUT2D eigenvalue weighted by Crippen LogP contribution is -1.99. The first kappa shape index (κ1) is 13.0. The van der Waals surface area contributed by atoms with Gasteiger partial charge in [0.1, 0.15) is 5.82 Å². The molecule has 2 nitrogen and oxygen atoms in total. The molecule has 5 heteroatoms. The average Bonchev–Trinajstić information content (AvgIpc) is 2.99. The van der Waals surface area contributed by atoms with Gasteiger partial charge in [0.15, 0.2) is 0 Å². The molecule has 3 aromatic rings. The van der Waals surface area contributed by atoms with Crippen molar-refractivity contribution in [1.82, 2.24) is 9.55 Å². The highest BCUT2D eigenvalue weighted by molar-refractivity contribution is 7.09. The molecule has 2 heterocycles. The van der Waals surface area contributed by atoms with Gasteiger partial charge in [-0.15, -0.1) is 11.3 Å². The minimum absolute atomic E-state index is 0.553. The quantitative estimate of drug-likeness (QED) is 0.684. The van der Waals surface area contributed by atoms with E-state index in [1.165, 1.54) is 4.88 Å². The molecule has 98 valence electrons. The van der Waals surface area contributed by atoms with Crippen molar-refractivity contribution in [2.45, 2.75) is 12.8 Å². The van der Waals surface area contributed by atoms with E-state index in [1.807, 2.05) is 19.2 Å². The molecule has 0 unspecified atom stereocenters. The standard InChI is InChI=1S/C14H12Cl2N2S/c1-18-13-8-11(16)10(15)7-12(13)17-14(18)5-4-9-3-2-6-19-9/h2-3,6-8H,4-5H2,1H3. The van der Waals surface area contributed by atoms with Crippen LogP contribution in [-0.4, -0.2) is 9.55 Å². The second kappa shape index (κ2) is 5.16. The van der Waals surface area contributed by atoms with Gasteiger partial charge in [-0.2, -0.15) is 0 Å². The molecule has 0 aliphatic carbocycles. The number of aromatic nitrogens is 2. The zero-order valence-electron chi connectivity index (χ0n) is 10.4. The van der Waals surface area contributed by atoms with Crippen LogP contribution in [-0.2, 0) is 19.9 Å². The second-order valence-corrected chi connectivity index (χ2v) is 6.27. The summed E-state index contributed by atoms with van der Waals surface area (Å²) in [7, 11) is 2.02. The Morgan fingerprint density at radius 1 is 1.21 bits per heavy atom. The number of halogens is 2. The average molecular weight is 311 g/mol. The third-order valence-electron chi connectivity index (χ3n) is 3.19. The van der Waals surface area contributed by atoms with Crippen LogP contribution >= 0.6 is 34.5 Å². The number of fused-ring (bicyclic) bond motifs is 1. The van der Waals surface area contributed by atoms with Crippen LogP contribution < -0.4 is 0 Å². The Balaban J connectivity index is 1.93. The van der Waals surface area contributed by atoms with E-state index >= 15 is 0 Å². The minimum atomic E-state index is 0.553. The molecule has 0 aliphatic heterocycles. The number of hydrogen-bond donors (Lipinski definition) is 0. The minimum Gasteiger partial charge on any atom is -0.331 e. The Hall–Kier alpha value is -1.03. The fraction of sp³-hybridized carbons (Fsp3) is 0.214. The molecule has 0 spiro atoms. The topological polar surface area (TPSA) is 17.8 Å². The van der Waals surface area contributed by atoms with Crippen molar-refractivity contribution in [2.75, 3.05) is 0 Å². The van der Waals surface area contributed by atoms with Gasteiger partial charge < -0.3 is 4.57 Å². The lowest BCUT2D eigenvalue weighted by molar-refractivity contribution is 0.792. The molecule has 0 radical (unpaired) electrons. The molecule has 0 fully saturated rings. The van der Waals surface area contributed by atoms with Gasteiger partial charge in [-0.3, -0.25) is 0 Å². The molecule has 0 saturated heterocycles. The van der Waals surface area contributed by atoms with Gasteiger partial charge in [-0.25, -0.2) is 4.98 Å². The Labute approximate surface area is 125 Å². The van der Waals surface area contributed by atoms with E-state index in [0.717, 1.165) is 29.7 Å². The number of rotatable bonds is 3. The van der Waals surface area contributed by atoms with Crippen molar-refractivity contribution >= 4 is 45.6 Å². The maximum Gasteiger partial charge on any atom is 0.109 e. The van der Waals surface area contributed by atoms with Gasteiger partial charge >= 0.3 is 0 Å². The summed E-state index contributed by atoms with van der Waals surface area (Å²) in [5.41, 5.74) is 1.92. The number of thiophene rings is 1.